The van der Waals surface area contributed by atoms with Gasteiger partial charge in [-0.1, -0.05) is 103 Å². The van der Waals surface area contributed by atoms with Crippen molar-refractivity contribution in [2.24, 2.45) is 17.6 Å². The molecule has 2 atom stereocenters. The van der Waals surface area contributed by atoms with Crippen molar-refractivity contribution in [3.8, 4) is 0 Å². The van der Waals surface area contributed by atoms with Crippen LogP contribution in [-0.2, 0) is 4.79 Å². The van der Waals surface area contributed by atoms with Gasteiger partial charge in [0.1, 0.15) is 0 Å². The van der Waals surface area contributed by atoms with Gasteiger partial charge in [-0.05, 0) is 44.4 Å². The maximum absolute atomic E-state index is 11.8. The van der Waals surface area contributed by atoms with Crippen LogP contribution < -0.4 is 5.73 Å². The Bertz CT molecular complexity index is 381. The number of allylic oxidation sites excluding steroid dienone is 2. The Morgan fingerprint density at radius 3 is 1.69 bits per heavy atom. The van der Waals surface area contributed by atoms with Gasteiger partial charge < -0.3 is 10.8 Å². The van der Waals surface area contributed by atoms with Gasteiger partial charge in [0, 0.05) is 12.5 Å². The summed E-state index contributed by atoms with van der Waals surface area (Å²) in [5.41, 5.74) is 5.59. The van der Waals surface area contributed by atoms with E-state index in [1.807, 2.05) is 0 Å². The SMILES string of the molecule is CCCCCCCCC=CCCCCCCCCC(C(N)=O)C(CO)CCCC. The van der Waals surface area contributed by atoms with Crippen molar-refractivity contribution in [3.05, 3.63) is 12.2 Å². The standard InChI is InChI=1S/C26H51NO2/c1-3-5-7-8-9-10-11-12-13-14-15-16-17-18-19-20-22-25(26(27)29)24(23-28)21-6-4-2/h12-13,24-25,28H,3-11,14-23H2,1-2H3,(H2,27,29). The molecule has 3 heteroatoms. The molecule has 0 saturated heterocycles. The van der Waals surface area contributed by atoms with Crippen LogP contribution in [0.25, 0.3) is 0 Å². The molecular formula is C26H51NO2. The van der Waals surface area contributed by atoms with E-state index in [9.17, 15) is 9.90 Å². The van der Waals surface area contributed by atoms with Crippen molar-refractivity contribution < 1.29 is 9.90 Å². The van der Waals surface area contributed by atoms with Crippen molar-refractivity contribution in [2.75, 3.05) is 6.61 Å². The summed E-state index contributed by atoms with van der Waals surface area (Å²) in [7, 11) is 0. The topological polar surface area (TPSA) is 63.3 Å². The number of hydrogen-bond acceptors (Lipinski definition) is 2. The molecule has 3 nitrogen and oxygen atoms in total. The molecule has 0 aromatic carbocycles. The van der Waals surface area contributed by atoms with Gasteiger partial charge in [-0.25, -0.2) is 0 Å². The van der Waals surface area contributed by atoms with Crippen molar-refractivity contribution in [1.29, 1.82) is 0 Å². The number of rotatable bonds is 22. The third-order valence-corrected chi connectivity index (χ3v) is 6.12. The average molecular weight is 410 g/mol. The minimum absolute atomic E-state index is 0.0515. The maximum atomic E-state index is 11.8. The van der Waals surface area contributed by atoms with Crippen molar-refractivity contribution in [2.45, 2.75) is 129 Å². The molecule has 0 heterocycles. The minimum Gasteiger partial charge on any atom is -0.396 e. The van der Waals surface area contributed by atoms with E-state index in [0.29, 0.717) is 0 Å². The lowest BCUT2D eigenvalue weighted by molar-refractivity contribution is -0.124. The van der Waals surface area contributed by atoms with Gasteiger partial charge >= 0.3 is 0 Å². The zero-order chi connectivity index (χ0) is 21.6. The van der Waals surface area contributed by atoms with Crippen LogP contribution >= 0.6 is 0 Å². The molecule has 0 aliphatic heterocycles. The Hall–Kier alpha value is -0.830. The molecule has 3 N–H and O–H groups in total. The Morgan fingerprint density at radius 2 is 1.21 bits per heavy atom. The Balaban J connectivity index is 3.59. The van der Waals surface area contributed by atoms with Crippen LogP contribution in [0.5, 0.6) is 0 Å². The van der Waals surface area contributed by atoms with Gasteiger partial charge in [0.2, 0.25) is 5.91 Å². The molecule has 0 radical (unpaired) electrons. The lowest BCUT2D eigenvalue weighted by Gasteiger charge is -2.22. The monoisotopic (exact) mass is 409 g/mol. The van der Waals surface area contributed by atoms with E-state index < -0.39 is 0 Å². The Kier molecular flexibility index (Phi) is 21.2. The highest BCUT2D eigenvalue weighted by Gasteiger charge is 2.24. The van der Waals surface area contributed by atoms with Crippen molar-refractivity contribution in [3.63, 3.8) is 0 Å². The van der Waals surface area contributed by atoms with Gasteiger partial charge in [0.05, 0.1) is 0 Å². The number of nitrogens with two attached hydrogens (primary N) is 1. The first-order valence-electron chi connectivity index (χ1n) is 12.7. The summed E-state index contributed by atoms with van der Waals surface area (Å²) in [6, 6.07) is 0. The van der Waals surface area contributed by atoms with E-state index in [-0.39, 0.29) is 24.3 Å². The van der Waals surface area contributed by atoms with Crippen molar-refractivity contribution in [1.82, 2.24) is 0 Å². The second kappa shape index (κ2) is 21.9. The van der Waals surface area contributed by atoms with Crippen LogP contribution in [0.1, 0.15) is 129 Å². The molecular weight excluding hydrogens is 358 g/mol. The number of carbonyl (C=O) groups is 1. The first kappa shape index (κ1) is 28.2. The molecule has 0 rings (SSSR count). The molecule has 0 bridgehead atoms. The van der Waals surface area contributed by atoms with E-state index in [0.717, 1.165) is 32.1 Å². The third-order valence-electron chi connectivity index (χ3n) is 6.12. The third kappa shape index (κ3) is 17.7. The predicted molar refractivity (Wildman–Crippen MR) is 127 cm³/mol. The number of unbranched alkanes of at least 4 members (excludes halogenated alkanes) is 13. The van der Waals surface area contributed by atoms with Crippen LogP contribution in [0.4, 0.5) is 0 Å². The smallest absolute Gasteiger partial charge is 0.220 e. The first-order valence-corrected chi connectivity index (χ1v) is 12.7. The number of hydrogen-bond donors (Lipinski definition) is 2. The summed E-state index contributed by atoms with van der Waals surface area (Å²) in [5.74, 6) is -0.327. The zero-order valence-electron chi connectivity index (χ0n) is 19.7. The molecule has 0 spiro atoms. The van der Waals surface area contributed by atoms with Crippen LogP contribution in [0.2, 0.25) is 0 Å². The summed E-state index contributed by atoms with van der Waals surface area (Å²) < 4.78 is 0. The first-order chi connectivity index (χ1) is 14.2. The second-order valence-corrected chi connectivity index (χ2v) is 8.82. The van der Waals surface area contributed by atoms with E-state index >= 15 is 0 Å². The average Bonchev–Trinajstić information content (AvgIpc) is 2.71. The highest BCUT2D eigenvalue weighted by molar-refractivity contribution is 5.76. The highest BCUT2D eigenvalue weighted by atomic mass is 16.3. The normalized spacial score (nSPS) is 13.8. The number of carbonyl (C=O) groups excluding carboxylic acids is 1. The largest absolute Gasteiger partial charge is 0.396 e. The number of aliphatic hydroxyl groups is 1. The molecule has 0 aromatic rings. The number of primary amides is 1. The molecule has 0 aliphatic rings. The van der Waals surface area contributed by atoms with Crippen molar-refractivity contribution >= 4 is 5.91 Å². The summed E-state index contributed by atoms with van der Waals surface area (Å²) in [6.07, 6.45) is 26.7. The summed E-state index contributed by atoms with van der Waals surface area (Å²) >= 11 is 0. The molecule has 0 saturated carbocycles. The van der Waals surface area contributed by atoms with E-state index in [1.54, 1.807) is 0 Å². The Labute approximate surface area is 181 Å². The molecule has 1 amide bonds. The van der Waals surface area contributed by atoms with Gasteiger partial charge in [-0.15, -0.1) is 0 Å². The Morgan fingerprint density at radius 1 is 0.724 bits per heavy atom. The van der Waals surface area contributed by atoms with E-state index in [4.69, 9.17) is 5.73 Å². The lowest BCUT2D eigenvalue weighted by Crippen LogP contribution is -2.32. The van der Waals surface area contributed by atoms with E-state index in [1.165, 1.54) is 83.5 Å². The fourth-order valence-electron chi connectivity index (χ4n) is 4.11. The predicted octanol–water partition coefficient (Wildman–Crippen LogP) is 7.31. The van der Waals surface area contributed by atoms with Gasteiger partial charge in [-0.3, -0.25) is 4.79 Å². The minimum atomic E-state index is -0.229. The van der Waals surface area contributed by atoms with Gasteiger partial charge in [0.25, 0.3) is 0 Å². The second-order valence-electron chi connectivity index (χ2n) is 8.82. The van der Waals surface area contributed by atoms with Crippen LogP contribution in [0, 0.1) is 11.8 Å². The fraction of sp³-hybridized carbons (Fsp3) is 0.885. The summed E-state index contributed by atoms with van der Waals surface area (Å²) in [5, 5.41) is 9.59. The molecule has 0 fully saturated rings. The van der Waals surface area contributed by atoms with Crippen LogP contribution in [-0.4, -0.2) is 17.6 Å². The van der Waals surface area contributed by atoms with E-state index in [2.05, 4.69) is 26.0 Å². The molecule has 0 aliphatic carbocycles. The van der Waals surface area contributed by atoms with Gasteiger partial charge in [-0.2, -0.15) is 0 Å². The highest BCUT2D eigenvalue weighted by Crippen LogP contribution is 2.24. The molecule has 172 valence electrons. The maximum Gasteiger partial charge on any atom is 0.220 e. The van der Waals surface area contributed by atoms with Gasteiger partial charge in [0.15, 0.2) is 0 Å². The van der Waals surface area contributed by atoms with Crippen LogP contribution in [0.3, 0.4) is 0 Å². The zero-order valence-corrected chi connectivity index (χ0v) is 19.7. The summed E-state index contributed by atoms with van der Waals surface area (Å²) in [6.45, 7) is 4.49. The van der Waals surface area contributed by atoms with Crippen LogP contribution in [0.15, 0.2) is 12.2 Å². The number of amides is 1. The molecule has 2 unspecified atom stereocenters. The summed E-state index contributed by atoms with van der Waals surface area (Å²) in [4.78, 5) is 11.8. The quantitative estimate of drug-likeness (QED) is 0.145. The lowest BCUT2D eigenvalue weighted by atomic mass is 9.84. The molecule has 0 aromatic heterocycles. The molecule has 29 heavy (non-hydrogen) atoms. The number of aliphatic hydroxyl groups excluding tert-OH is 1. The fourth-order valence-corrected chi connectivity index (χ4v) is 4.11.